The zero-order valence-corrected chi connectivity index (χ0v) is 14.7. The Morgan fingerprint density at radius 1 is 1.17 bits per heavy atom. The van der Waals surface area contributed by atoms with Gasteiger partial charge in [0.15, 0.2) is 5.82 Å². The van der Waals surface area contributed by atoms with Gasteiger partial charge in [0.1, 0.15) is 0 Å². The topological polar surface area (TPSA) is 68.0 Å². The molecule has 0 aliphatic rings. The zero-order chi connectivity index (χ0) is 17.3. The normalized spacial score (nSPS) is 12.3. The van der Waals surface area contributed by atoms with Crippen LogP contribution < -0.4 is 5.32 Å². The standard InChI is InChI=1S/C18H25N3O2/c1-12-9-7-8-10-13(12)11-14(22)20-18(5,6)15-19-16(23-21-15)17(2,3)4/h7-10H,11H2,1-6H3,(H,20,22). The number of hydrogen-bond acceptors (Lipinski definition) is 4. The predicted molar refractivity (Wildman–Crippen MR) is 89.0 cm³/mol. The van der Waals surface area contributed by atoms with E-state index in [1.807, 2.05) is 65.8 Å². The zero-order valence-electron chi connectivity index (χ0n) is 14.7. The molecule has 2 rings (SSSR count). The Hall–Kier alpha value is -2.17. The average Bonchev–Trinajstić information content (AvgIpc) is 2.91. The van der Waals surface area contributed by atoms with Gasteiger partial charge < -0.3 is 9.84 Å². The Bertz CT molecular complexity index is 696. The van der Waals surface area contributed by atoms with Crippen molar-refractivity contribution in [2.75, 3.05) is 0 Å². The van der Waals surface area contributed by atoms with Gasteiger partial charge in [-0.15, -0.1) is 0 Å². The van der Waals surface area contributed by atoms with Crippen LogP contribution in [0.4, 0.5) is 0 Å². The van der Waals surface area contributed by atoms with Crippen LogP contribution in [0, 0.1) is 6.92 Å². The van der Waals surface area contributed by atoms with Gasteiger partial charge in [0.2, 0.25) is 11.8 Å². The van der Waals surface area contributed by atoms with Gasteiger partial charge in [-0.1, -0.05) is 50.2 Å². The summed E-state index contributed by atoms with van der Waals surface area (Å²) in [6, 6.07) is 7.88. The van der Waals surface area contributed by atoms with Crippen LogP contribution in [-0.4, -0.2) is 16.0 Å². The second kappa shape index (κ2) is 6.14. The number of aromatic nitrogens is 2. The maximum absolute atomic E-state index is 12.4. The summed E-state index contributed by atoms with van der Waals surface area (Å²) in [7, 11) is 0. The minimum Gasteiger partial charge on any atom is -0.344 e. The van der Waals surface area contributed by atoms with Crippen molar-refractivity contribution in [3.63, 3.8) is 0 Å². The van der Waals surface area contributed by atoms with Crippen molar-refractivity contribution in [1.82, 2.24) is 15.5 Å². The molecular weight excluding hydrogens is 290 g/mol. The summed E-state index contributed by atoms with van der Waals surface area (Å²) >= 11 is 0. The van der Waals surface area contributed by atoms with Gasteiger partial charge in [0.05, 0.1) is 12.0 Å². The summed E-state index contributed by atoms with van der Waals surface area (Å²) in [5.74, 6) is 0.987. The van der Waals surface area contributed by atoms with Crippen molar-refractivity contribution in [2.24, 2.45) is 0 Å². The summed E-state index contributed by atoms with van der Waals surface area (Å²) in [6.45, 7) is 11.8. The smallest absolute Gasteiger partial charge is 0.232 e. The number of benzene rings is 1. The highest BCUT2D eigenvalue weighted by Crippen LogP contribution is 2.24. The van der Waals surface area contributed by atoms with Crippen LogP contribution in [0.2, 0.25) is 0 Å². The second-order valence-electron chi connectivity index (χ2n) is 7.45. The van der Waals surface area contributed by atoms with E-state index in [9.17, 15) is 4.79 Å². The number of carbonyl (C=O) groups excluding carboxylic acids is 1. The Kier molecular flexibility index (Phi) is 4.59. The first-order chi connectivity index (χ1) is 10.6. The van der Waals surface area contributed by atoms with Crippen LogP contribution in [0.25, 0.3) is 0 Å². The van der Waals surface area contributed by atoms with Crippen LogP contribution in [0.3, 0.4) is 0 Å². The van der Waals surface area contributed by atoms with E-state index in [-0.39, 0.29) is 11.3 Å². The summed E-state index contributed by atoms with van der Waals surface area (Å²) in [5, 5.41) is 7.02. The molecule has 0 aliphatic carbocycles. The van der Waals surface area contributed by atoms with E-state index in [1.165, 1.54) is 0 Å². The molecule has 1 heterocycles. The van der Waals surface area contributed by atoms with E-state index in [0.29, 0.717) is 18.1 Å². The molecule has 0 aliphatic heterocycles. The van der Waals surface area contributed by atoms with Crippen LogP contribution in [0.5, 0.6) is 0 Å². The van der Waals surface area contributed by atoms with Crippen molar-refractivity contribution < 1.29 is 9.32 Å². The highest BCUT2D eigenvalue weighted by Gasteiger charge is 2.31. The van der Waals surface area contributed by atoms with E-state index in [4.69, 9.17) is 4.52 Å². The lowest BCUT2D eigenvalue weighted by atomic mass is 9.96. The lowest BCUT2D eigenvalue weighted by Gasteiger charge is -2.22. The third-order valence-electron chi connectivity index (χ3n) is 3.69. The number of aryl methyl sites for hydroxylation is 1. The minimum atomic E-state index is -0.688. The van der Waals surface area contributed by atoms with Crippen LogP contribution in [0.15, 0.2) is 28.8 Å². The van der Waals surface area contributed by atoms with Crippen LogP contribution >= 0.6 is 0 Å². The summed E-state index contributed by atoms with van der Waals surface area (Å²) in [6.07, 6.45) is 0.333. The van der Waals surface area contributed by atoms with Gasteiger partial charge in [0, 0.05) is 5.41 Å². The van der Waals surface area contributed by atoms with Gasteiger partial charge in [0.25, 0.3) is 0 Å². The molecule has 1 N–H and O–H groups in total. The molecule has 0 unspecified atom stereocenters. The molecular formula is C18H25N3O2. The van der Waals surface area contributed by atoms with Crippen molar-refractivity contribution in [3.8, 4) is 0 Å². The van der Waals surface area contributed by atoms with E-state index >= 15 is 0 Å². The summed E-state index contributed by atoms with van der Waals surface area (Å²) in [5.41, 5.74) is 1.22. The van der Waals surface area contributed by atoms with Gasteiger partial charge in [-0.05, 0) is 31.9 Å². The molecule has 5 nitrogen and oxygen atoms in total. The third-order valence-corrected chi connectivity index (χ3v) is 3.69. The van der Waals surface area contributed by atoms with E-state index in [1.54, 1.807) is 0 Å². The van der Waals surface area contributed by atoms with Gasteiger partial charge in [-0.2, -0.15) is 4.98 Å². The fraction of sp³-hybridized carbons (Fsp3) is 0.500. The van der Waals surface area contributed by atoms with E-state index < -0.39 is 5.54 Å². The Balaban J connectivity index is 2.10. The number of rotatable bonds is 4. The van der Waals surface area contributed by atoms with Crippen LogP contribution in [0.1, 0.15) is 57.5 Å². The first-order valence-electron chi connectivity index (χ1n) is 7.80. The van der Waals surface area contributed by atoms with E-state index in [0.717, 1.165) is 11.1 Å². The van der Waals surface area contributed by atoms with Crippen molar-refractivity contribution >= 4 is 5.91 Å². The second-order valence-corrected chi connectivity index (χ2v) is 7.45. The molecule has 0 saturated carbocycles. The van der Waals surface area contributed by atoms with Crippen molar-refractivity contribution in [3.05, 3.63) is 47.1 Å². The lowest BCUT2D eigenvalue weighted by molar-refractivity contribution is -0.122. The van der Waals surface area contributed by atoms with Gasteiger partial charge in [-0.3, -0.25) is 4.79 Å². The van der Waals surface area contributed by atoms with Gasteiger partial charge in [-0.25, -0.2) is 0 Å². The predicted octanol–water partition coefficient (Wildman–Crippen LogP) is 3.27. The molecule has 0 bridgehead atoms. The largest absolute Gasteiger partial charge is 0.344 e. The monoisotopic (exact) mass is 315 g/mol. The van der Waals surface area contributed by atoms with Crippen LogP contribution in [-0.2, 0) is 22.2 Å². The molecule has 23 heavy (non-hydrogen) atoms. The molecule has 124 valence electrons. The Morgan fingerprint density at radius 3 is 2.39 bits per heavy atom. The lowest BCUT2D eigenvalue weighted by Crippen LogP contribution is -2.42. The van der Waals surface area contributed by atoms with Crippen molar-refractivity contribution in [2.45, 2.75) is 58.9 Å². The molecule has 0 atom stereocenters. The highest BCUT2D eigenvalue weighted by atomic mass is 16.5. The number of hydrogen-bond donors (Lipinski definition) is 1. The molecule has 0 spiro atoms. The average molecular weight is 315 g/mol. The minimum absolute atomic E-state index is 0.0635. The summed E-state index contributed by atoms with van der Waals surface area (Å²) in [4.78, 5) is 16.8. The fourth-order valence-corrected chi connectivity index (χ4v) is 2.21. The molecule has 0 radical (unpaired) electrons. The maximum atomic E-state index is 12.4. The van der Waals surface area contributed by atoms with Crippen molar-refractivity contribution in [1.29, 1.82) is 0 Å². The quantitative estimate of drug-likeness (QED) is 0.940. The SMILES string of the molecule is Cc1ccccc1CC(=O)NC(C)(C)c1noc(C(C)(C)C)n1. The molecule has 5 heteroatoms. The Morgan fingerprint density at radius 2 is 1.83 bits per heavy atom. The summed E-state index contributed by atoms with van der Waals surface area (Å²) < 4.78 is 5.32. The first-order valence-corrected chi connectivity index (χ1v) is 7.80. The Labute approximate surface area is 137 Å². The molecule has 1 aromatic heterocycles. The number of nitrogens with one attached hydrogen (secondary N) is 1. The third kappa shape index (κ3) is 4.18. The number of nitrogens with zero attached hydrogens (tertiary/aromatic N) is 2. The number of amides is 1. The fourth-order valence-electron chi connectivity index (χ4n) is 2.21. The van der Waals surface area contributed by atoms with Gasteiger partial charge >= 0.3 is 0 Å². The van der Waals surface area contributed by atoms with E-state index in [2.05, 4.69) is 15.5 Å². The highest BCUT2D eigenvalue weighted by molar-refractivity contribution is 5.79. The maximum Gasteiger partial charge on any atom is 0.232 e. The first kappa shape index (κ1) is 17.2. The molecule has 0 fully saturated rings. The molecule has 1 aromatic carbocycles. The molecule has 0 saturated heterocycles. The molecule has 1 amide bonds. The number of carbonyl (C=O) groups is 1. The molecule has 2 aromatic rings.